The minimum absolute atomic E-state index is 0.0609. The summed E-state index contributed by atoms with van der Waals surface area (Å²) in [5, 5.41) is 2.84. The maximum Gasteiger partial charge on any atom is 0.228 e. The number of thioether (sulfide) groups is 1. The molecule has 0 saturated heterocycles. The lowest BCUT2D eigenvalue weighted by Gasteiger charge is -2.05. The summed E-state index contributed by atoms with van der Waals surface area (Å²) in [5.74, 6) is -0.277. The summed E-state index contributed by atoms with van der Waals surface area (Å²) >= 11 is 7.77. The van der Waals surface area contributed by atoms with Gasteiger partial charge in [0.15, 0.2) is 5.12 Å². The highest BCUT2D eigenvalue weighted by Crippen LogP contribution is 2.20. The largest absolute Gasteiger partial charge is 0.301 e. The SMILES string of the molecule is CC(=O)SC(Cl)CC(=O)Nc1ncns1. The van der Waals surface area contributed by atoms with Crippen LogP contribution in [0.3, 0.4) is 0 Å². The number of anilines is 1. The van der Waals surface area contributed by atoms with E-state index >= 15 is 0 Å². The van der Waals surface area contributed by atoms with E-state index < -0.39 is 4.71 Å². The number of nitrogens with zero attached hydrogens (tertiary/aromatic N) is 2. The van der Waals surface area contributed by atoms with E-state index in [0.29, 0.717) is 5.13 Å². The summed E-state index contributed by atoms with van der Waals surface area (Å²) in [4.78, 5) is 25.8. The lowest BCUT2D eigenvalue weighted by molar-refractivity contribution is -0.115. The van der Waals surface area contributed by atoms with E-state index in [1.165, 1.54) is 13.3 Å². The Morgan fingerprint density at radius 3 is 3.00 bits per heavy atom. The number of nitrogens with one attached hydrogen (secondary N) is 1. The van der Waals surface area contributed by atoms with Gasteiger partial charge in [0.2, 0.25) is 11.0 Å². The number of amides is 1. The van der Waals surface area contributed by atoms with E-state index in [4.69, 9.17) is 11.6 Å². The fraction of sp³-hybridized carbons (Fsp3) is 0.429. The average molecular weight is 266 g/mol. The van der Waals surface area contributed by atoms with E-state index in [0.717, 1.165) is 23.3 Å². The van der Waals surface area contributed by atoms with Crippen LogP contribution in [0.15, 0.2) is 6.33 Å². The molecule has 1 heterocycles. The molecule has 0 aliphatic carbocycles. The Morgan fingerprint density at radius 1 is 1.73 bits per heavy atom. The van der Waals surface area contributed by atoms with Gasteiger partial charge in [0.05, 0.1) is 11.1 Å². The molecule has 0 fully saturated rings. The quantitative estimate of drug-likeness (QED) is 0.839. The fourth-order valence-corrected chi connectivity index (χ4v) is 2.33. The third-order valence-electron chi connectivity index (χ3n) is 1.25. The standard InChI is InChI=1S/C7H8ClN3O2S2/c1-4(12)14-5(8)2-6(13)11-7-9-3-10-15-7/h3,5H,2H2,1H3,(H,9,10,11,13). The normalized spacial score (nSPS) is 12.1. The van der Waals surface area contributed by atoms with Gasteiger partial charge in [-0.1, -0.05) is 11.8 Å². The fourth-order valence-electron chi connectivity index (χ4n) is 0.766. The summed E-state index contributed by atoms with van der Waals surface area (Å²) in [7, 11) is 0. The predicted octanol–water partition coefficient (Wildman–Crippen LogP) is 1.71. The molecular weight excluding hydrogens is 258 g/mol. The second kappa shape index (κ2) is 6.04. The molecule has 1 aromatic rings. The first kappa shape index (κ1) is 12.4. The Morgan fingerprint density at radius 2 is 2.47 bits per heavy atom. The van der Waals surface area contributed by atoms with Crippen LogP contribution in [0.2, 0.25) is 0 Å². The maximum absolute atomic E-state index is 11.3. The molecule has 0 spiro atoms. The first-order valence-electron chi connectivity index (χ1n) is 3.95. The smallest absolute Gasteiger partial charge is 0.228 e. The summed E-state index contributed by atoms with van der Waals surface area (Å²) in [5.41, 5.74) is 0. The molecule has 1 atom stereocenters. The van der Waals surface area contributed by atoms with Crippen molar-refractivity contribution in [1.82, 2.24) is 9.36 Å². The number of alkyl halides is 1. The number of halogens is 1. The molecule has 0 radical (unpaired) electrons. The highest BCUT2D eigenvalue weighted by Gasteiger charge is 2.14. The van der Waals surface area contributed by atoms with Crippen molar-refractivity contribution in [2.75, 3.05) is 5.32 Å². The van der Waals surface area contributed by atoms with Crippen molar-refractivity contribution in [2.24, 2.45) is 0 Å². The number of aromatic nitrogens is 2. The number of carbonyl (C=O) groups excluding carboxylic acids is 2. The maximum atomic E-state index is 11.3. The van der Waals surface area contributed by atoms with Gasteiger partial charge in [-0.25, -0.2) is 4.98 Å². The van der Waals surface area contributed by atoms with Crippen molar-refractivity contribution < 1.29 is 9.59 Å². The van der Waals surface area contributed by atoms with Gasteiger partial charge in [-0.15, -0.1) is 11.6 Å². The van der Waals surface area contributed by atoms with Crippen molar-refractivity contribution >= 4 is 51.0 Å². The zero-order chi connectivity index (χ0) is 11.3. The Balaban J connectivity index is 2.33. The Kier molecular flexibility index (Phi) is 5.00. The molecule has 1 N–H and O–H groups in total. The molecular formula is C7H8ClN3O2S2. The van der Waals surface area contributed by atoms with Gasteiger partial charge in [-0.05, 0) is 0 Å². The third kappa shape index (κ3) is 5.10. The molecule has 82 valence electrons. The highest BCUT2D eigenvalue weighted by molar-refractivity contribution is 8.15. The van der Waals surface area contributed by atoms with Gasteiger partial charge >= 0.3 is 0 Å². The summed E-state index contributed by atoms with van der Waals surface area (Å²) in [6, 6.07) is 0. The van der Waals surface area contributed by atoms with Crippen LogP contribution < -0.4 is 5.32 Å². The van der Waals surface area contributed by atoms with Crippen LogP contribution in [0.1, 0.15) is 13.3 Å². The monoisotopic (exact) mass is 265 g/mol. The molecule has 1 amide bonds. The topological polar surface area (TPSA) is 72.0 Å². The number of hydrogen-bond donors (Lipinski definition) is 1. The first-order chi connectivity index (χ1) is 7.08. The molecule has 5 nitrogen and oxygen atoms in total. The van der Waals surface area contributed by atoms with Gasteiger partial charge in [0, 0.05) is 18.5 Å². The number of carbonyl (C=O) groups is 2. The van der Waals surface area contributed by atoms with Crippen molar-refractivity contribution in [3.05, 3.63) is 6.33 Å². The van der Waals surface area contributed by atoms with Crippen molar-refractivity contribution in [1.29, 1.82) is 0 Å². The van der Waals surface area contributed by atoms with Crippen molar-refractivity contribution in [2.45, 2.75) is 18.1 Å². The number of hydrogen-bond acceptors (Lipinski definition) is 6. The average Bonchev–Trinajstić information content (AvgIpc) is 2.53. The summed E-state index contributed by atoms with van der Waals surface area (Å²) < 4.78 is 3.18. The van der Waals surface area contributed by atoms with Crippen LogP contribution in [0.5, 0.6) is 0 Å². The van der Waals surface area contributed by atoms with Crippen molar-refractivity contribution in [3.8, 4) is 0 Å². The minimum atomic E-state index is -0.546. The predicted molar refractivity (Wildman–Crippen MR) is 61.1 cm³/mol. The second-order valence-corrected chi connectivity index (χ2v) is 5.46. The highest BCUT2D eigenvalue weighted by atomic mass is 35.5. The van der Waals surface area contributed by atoms with E-state index in [1.807, 2.05) is 0 Å². The van der Waals surface area contributed by atoms with E-state index in [1.54, 1.807) is 0 Å². The Bertz CT molecular complexity index is 344. The van der Waals surface area contributed by atoms with Gasteiger partial charge in [-0.2, -0.15) is 4.37 Å². The Hall–Kier alpha value is -0.660. The molecule has 8 heteroatoms. The van der Waals surface area contributed by atoms with Crippen molar-refractivity contribution in [3.63, 3.8) is 0 Å². The van der Waals surface area contributed by atoms with E-state index in [2.05, 4.69) is 14.7 Å². The molecule has 0 bridgehead atoms. The molecule has 0 aliphatic heterocycles. The van der Waals surface area contributed by atoms with Crippen LogP contribution in [0.25, 0.3) is 0 Å². The van der Waals surface area contributed by atoms with Gasteiger partial charge in [-0.3, -0.25) is 9.59 Å². The lowest BCUT2D eigenvalue weighted by atomic mass is 10.4. The second-order valence-electron chi connectivity index (χ2n) is 2.52. The lowest BCUT2D eigenvalue weighted by Crippen LogP contribution is -2.15. The number of rotatable bonds is 4. The van der Waals surface area contributed by atoms with Crippen LogP contribution in [-0.4, -0.2) is 25.1 Å². The molecule has 1 aromatic heterocycles. The Labute approximate surface area is 99.8 Å². The zero-order valence-electron chi connectivity index (χ0n) is 7.77. The first-order valence-corrected chi connectivity index (χ1v) is 6.04. The zero-order valence-corrected chi connectivity index (χ0v) is 10.2. The van der Waals surface area contributed by atoms with Crippen LogP contribution in [0, 0.1) is 0 Å². The third-order valence-corrected chi connectivity index (χ3v) is 3.00. The summed E-state index contributed by atoms with van der Waals surface area (Å²) in [6.07, 6.45) is 1.41. The molecule has 0 saturated carbocycles. The van der Waals surface area contributed by atoms with E-state index in [-0.39, 0.29) is 17.4 Å². The molecule has 1 unspecified atom stereocenters. The summed E-state index contributed by atoms with van der Waals surface area (Å²) in [6.45, 7) is 1.41. The van der Waals surface area contributed by atoms with Crippen LogP contribution in [0.4, 0.5) is 5.13 Å². The minimum Gasteiger partial charge on any atom is -0.301 e. The molecule has 1 rings (SSSR count). The van der Waals surface area contributed by atoms with Crippen LogP contribution >= 0.6 is 34.9 Å². The molecule has 0 aliphatic rings. The van der Waals surface area contributed by atoms with Gasteiger partial charge in [0.25, 0.3) is 0 Å². The van der Waals surface area contributed by atoms with E-state index in [9.17, 15) is 9.59 Å². The molecule has 15 heavy (non-hydrogen) atoms. The van der Waals surface area contributed by atoms with Gasteiger partial charge < -0.3 is 5.32 Å². The molecule has 0 aromatic carbocycles. The van der Waals surface area contributed by atoms with Gasteiger partial charge in [0.1, 0.15) is 6.33 Å². The van der Waals surface area contributed by atoms with Crippen LogP contribution in [-0.2, 0) is 9.59 Å².